The SMILES string of the molecule is COC(=O)[C@H]1Cc2ccccc2CN1C(=O)Cn1cnc2cc(-c3ccc(Cl)cc3)sc2c1=O. The highest BCUT2D eigenvalue weighted by Crippen LogP contribution is 2.31. The van der Waals surface area contributed by atoms with Crippen molar-refractivity contribution in [3.05, 3.63) is 87.4 Å². The maximum absolute atomic E-state index is 13.3. The summed E-state index contributed by atoms with van der Waals surface area (Å²) < 4.78 is 6.71. The Morgan fingerprint density at radius 3 is 2.62 bits per heavy atom. The van der Waals surface area contributed by atoms with E-state index in [9.17, 15) is 14.4 Å². The number of esters is 1. The third-order valence-electron chi connectivity index (χ3n) is 5.98. The standard InChI is InChI=1S/C25H20ClN3O4S/c1-33-25(32)20-10-16-4-2-3-5-17(16)12-29(20)22(30)13-28-14-27-19-11-21(34-23(19)24(28)31)15-6-8-18(26)9-7-15/h2-9,11,14,20H,10,12-13H2,1H3/t20-/m1/s1. The highest BCUT2D eigenvalue weighted by molar-refractivity contribution is 7.22. The largest absolute Gasteiger partial charge is 0.467 e. The zero-order valence-electron chi connectivity index (χ0n) is 18.2. The molecular formula is C25H20ClN3O4S. The normalized spacial score (nSPS) is 15.2. The summed E-state index contributed by atoms with van der Waals surface area (Å²) in [6.07, 6.45) is 1.75. The van der Waals surface area contributed by atoms with Crippen LogP contribution in [0.4, 0.5) is 0 Å². The van der Waals surface area contributed by atoms with Crippen molar-refractivity contribution < 1.29 is 14.3 Å². The van der Waals surface area contributed by atoms with Gasteiger partial charge in [0.25, 0.3) is 5.56 Å². The Morgan fingerprint density at radius 1 is 1.15 bits per heavy atom. The van der Waals surface area contributed by atoms with Gasteiger partial charge in [-0.2, -0.15) is 0 Å². The topological polar surface area (TPSA) is 81.5 Å². The molecular weight excluding hydrogens is 474 g/mol. The molecule has 0 saturated heterocycles. The highest BCUT2D eigenvalue weighted by Gasteiger charge is 2.35. The minimum atomic E-state index is -0.738. The fourth-order valence-electron chi connectivity index (χ4n) is 4.18. The number of halogens is 1. The fourth-order valence-corrected chi connectivity index (χ4v) is 5.37. The molecule has 4 aromatic rings. The number of carbonyl (C=O) groups is 2. The summed E-state index contributed by atoms with van der Waals surface area (Å²) in [6, 6.07) is 16.2. The van der Waals surface area contributed by atoms with E-state index in [0.29, 0.717) is 21.7 Å². The molecule has 1 amide bonds. The van der Waals surface area contributed by atoms with E-state index in [4.69, 9.17) is 16.3 Å². The van der Waals surface area contributed by atoms with Crippen molar-refractivity contribution in [1.82, 2.24) is 14.5 Å². The summed E-state index contributed by atoms with van der Waals surface area (Å²) in [5, 5.41) is 0.634. The van der Waals surface area contributed by atoms with Crippen molar-refractivity contribution in [3.63, 3.8) is 0 Å². The van der Waals surface area contributed by atoms with Crippen molar-refractivity contribution in [3.8, 4) is 10.4 Å². The van der Waals surface area contributed by atoms with Gasteiger partial charge in [-0.3, -0.25) is 14.2 Å². The lowest BCUT2D eigenvalue weighted by molar-refractivity contribution is -0.154. The Balaban J connectivity index is 1.44. The number of ether oxygens (including phenoxy) is 1. The molecule has 2 aromatic carbocycles. The van der Waals surface area contributed by atoms with E-state index in [1.165, 1.54) is 34.2 Å². The molecule has 0 radical (unpaired) electrons. The Hall–Kier alpha value is -3.49. The van der Waals surface area contributed by atoms with Crippen LogP contribution in [0.15, 0.2) is 65.7 Å². The minimum Gasteiger partial charge on any atom is -0.467 e. The third-order valence-corrected chi connectivity index (χ3v) is 7.39. The summed E-state index contributed by atoms with van der Waals surface area (Å²) in [5.41, 5.74) is 3.19. The number of rotatable bonds is 4. The van der Waals surface area contributed by atoms with Crippen molar-refractivity contribution in [1.29, 1.82) is 0 Å². The van der Waals surface area contributed by atoms with Gasteiger partial charge < -0.3 is 9.64 Å². The average molecular weight is 494 g/mol. The van der Waals surface area contributed by atoms with Crippen molar-refractivity contribution >= 4 is 45.0 Å². The Bertz CT molecular complexity index is 1460. The molecule has 2 aromatic heterocycles. The first kappa shape index (κ1) is 22.3. The molecule has 0 bridgehead atoms. The molecule has 1 aliphatic heterocycles. The van der Waals surface area contributed by atoms with Gasteiger partial charge in [-0.25, -0.2) is 9.78 Å². The molecule has 172 valence electrons. The number of hydrogen-bond donors (Lipinski definition) is 0. The number of methoxy groups -OCH3 is 1. The number of aromatic nitrogens is 2. The van der Waals surface area contributed by atoms with Crippen molar-refractivity contribution in [2.75, 3.05) is 7.11 Å². The quantitative estimate of drug-likeness (QED) is 0.403. The number of thiophene rings is 1. The molecule has 0 unspecified atom stereocenters. The smallest absolute Gasteiger partial charge is 0.328 e. The zero-order chi connectivity index (χ0) is 23.8. The molecule has 9 heteroatoms. The molecule has 3 heterocycles. The molecule has 0 spiro atoms. The summed E-state index contributed by atoms with van der Waals surface area (Å²) in [4.78, 5) is 45.6. The molecule has 0 N–H and O–H groups in total. The van der Waals surface area contributed by atoms with Gasteiger partial charge in [-0.05, 0) is 34.9 Å². The molecule has 0 saturated carbocycles. The predicted molar refractivity (Wildman–Crippen MR) is 131 cm³/mol. The highest BCUT2D eigenvalue weighted by atomic mass is 35.5. The number of carbonyl (C=O) groups excluding carboxylic acids is 2. The van der Waals surface area contributed by atoms with E-state index in [-0.39, 0.29) is 24.6 Å². The maximum Gasteiger partial charge on any atom is 0.328 e. The summed E-state index contributed by atoms with van der Waals surface area (Å²) in [7, 11) is 1.31. The van der Waals surface area contributed by atoms with Crippen molar-refractivity contribution in [2.45, 2.75) is 25.6 Å². The monoisotopic (exact) mass is 493 g/mol. The van der Waals surface area contributed by atoms with Crippen LogP contribution >= 0.6 is 22.9 Å². The van der Waals surface area contributed by atoms with Crippen molar-refractivity contribution in [2.24, 2.45) is 0 Å². The van der Waals surface area contributed by atoms with Gasteiger partial charge in [0.2, 0.25) is 5.91 Å². The van der Waals surface area contributed by atoms with Crippen LogP contribution in [-0.2, 0) is 33.8 Å². The first-order valence-corrected chi connectivity index (χ1v) is 11.8. The lowest BCUT2D eigenvalue weighted by Gasteiger charge is -2.35. The number of hydrogen-bond acceptors (Lipinski definition) is 6. The third kappa shape index (κ3) is 4.10. The summed E-state index contributed by atoms with van der Waals surface area (Å²) in [5.74, 6) is -0.822. The van der Waals surface area contributed by atoms with E-state index < -0.39 is 12.0 Å². The van der Waals surface area contributed by atoms with Crippen LogP contribution in [0, 0.1) is 0 Å². The van der Waals surface area contributed by atoms with Crippen LogP contribution in [-0.4, -0.2) is 39.5 Å². The number of fused-ring (bicyclic) bond motifs is 2. The average Bonchev–Trinajstić information content (AvgIpc) is 3.30. The molecule has 1 atom stereocenters. The first-order valence-electron chi connectivity index (χ1n) is 10.6. The van der Waals surface area contributed by atoms with Gasteiger partial charge in [-0.1, -0.05) is 48.0 Å². The second-order valence-corrected chi connectivity index (χ2v) is 9.53. The molecule has 7 nitrogen and oxygen atoms in total. The lowest BCUT2D eigenvalue weighted by Crippen LogP contribution is -2.50. The lowest BCUT2D eigenvalue weighted by atomic mass is 9.94. The molecule has 34 heavy (non-hydrogen) atoms. The molecule has 5 rings (SSSR count). The Labute approximate surface area is 204 Å². The Morgan fingerprint density at radius 2 is 1.88 bits per heavy atom. The minimum absolute atomic E-state index is 0.217. The summed E-state index contributed by atoms with van der Waals surface area (Å²) in [6.45, 7) is 0.0600. The zero-order valence-corrected chi connectivity index (χ0v) is 19.8. The van der Waals surface area contributed by atoms with Crippen LogP contribution in [0.25, 0.3) is 20.7 Å². The van der Waals surface area contributed by atoms with Gasteiger partial charge in [0.1, 0.15) is 17.3 Å². The van der Waals surface area contributed by atoms with E-state index >= 15 is 0 Å². The van der Waals surface area contributed by atoms with Gasteiger partial charge >= 0.3 is 5.97 Å². The summed E-state index contributed by atoms with van der Waals surface area (Å²) >= 11 is 7.30. The van der Waals surface area contributed by atoms with Crippen LogP contribution in [0.5, 0.6) is 0 Å². The molecule has 0 fully saturated rings. The van der Waals surface area contributed by atoms with Gasteiger partial charge in [0, 0.05) is 22.9 Å². The number of benzene rings is 2. The van der Waals surface area contributed by atoms with Gasteiger partial charge in [0.15, 0.2) is 0 Å². The number of nitrogens with zero attached hydrogens (tertiary/aromatic N) is 3. The Kier molecular flexibility index (Phi) is 5.93. The second-order valence-electron chi connectivity index (χ2n) is 8.04. The predicted octanol–water partition coefficient (Wildman–Crippen LogP) is 3.90. The van der Waals surface area contributed by atoms with E-state index in [2.05, 4.69) is 4.98 Å². The van der Waals surface area contributed by atoms with Gasteiger partial charge in [0.05, 0.1) is 19.0 Å². The van der Waals surface area contributed by atoms with Crippen LogP contribution < -0.4 is 5.56 Å². The fraction of sp³-hybridized carbons (Fsp3) is 0.200. The molecule has 1 aliphatic rings. The maximum atomic E-state index is 13.3. The second kappa shape index (κ2) is 9.04. The van der Waals surface area contributed by atoms with Gasteiger partial charge in [-0.15, -0.1) is 11.3 Å². The van der Waals surface area contributed by atoms with Crippen LogP contribution in [0.3, 0.4) is 0 Å². The molecule has 0 aliphatic carbocycles. The first-order chi connectivity index (χ1) is 16.4. The van der Waals surface area contributed by atoms with E-state index in [1.54, 1.807) is 12.1 Å². The van der Waals surface area contributed by atoms with E-state index in [1.807, 2.05) is 42.5 Å². The number of amides is 1. The van der Waals surface area contributed by atoms with E-state index in [0.717, 1.165) is 21.6 Å². The van der Waals surface area contributed by atoms with Crippen LogP contribution in [0.1, 0.15) is 11.1 Å². The van der Waals surface area contributed by atoms with Crippen LogP contribution in [0.2, 0.25) is 5.02 Å².